The average molecular weight is 321 g/mol. The van der Waals surface area contributed by atoms with Gasteiger partial charge < -0.3 is 0 Å². The first-order valence-corrected chi connectivity index (χ1v) is 8.58. The predicted molar refractivity (Wildman–Crippen MR) is 97.5 cm³/mol. The number of carbonyl (C=O) groups is 1. The Labute approximate surface area is 140 Å². The van der Waals surface area contributed by atoms with Crippen LogP contribution in [0.4, 0.5) is 0 Å². The Bertz CT molecular complexity index is 791. The summed E-state index contributed by atoms with van der Waals surface area (Å²) in [4.78, 5) is 16.6. The Hall–Kier alpha value is -2.26. The number of thiazole rings is 1. The quantitative estimate of drug-likeness (QED) is 0.705. The van der Waals surface area contributed by atoms with Crippen molar-refractivity contribution in [1.82, 2.24) is 4.98 Å². The molecule has 0 fully saturated rings. The molecule has 0 amide bonds. The second kappa shape index (κ2) is 6.88. The number of aldehydes is 1. The van der Waals surface area contributed by atoms with Gasteiger partial charge in [0, 0.05) is 17.3 Å². The van der Waals surface area contributed by atoms with Crippen LogP contribution in [-0.4, -0.2) is 11.3 Å². The van der Waals surface area contributed by atoms with Crippen molar-refractivity contribution >= 4 is 23.2 Å². The molecule has 1 aromatic carbocycles. The number of allylic oxidation sites excluding steroid dienone is 6. The highest BCUT2D eigenvalue weighted by molar-refractivity contribution is 7.16. The molecular weight excluding hydrogens is 302 g/mol. The van der Waals surface area contributed by atoms with E-state index >= 15 is 0 Å². The molecule has 1 aliphatic rings. The zero-order valence-electron chi connectivity index (χ0n) is 13.3. The summed E-state index contributed by atoms with van der Waals surface area (Å²) in [5, 5.41) is 1.03. The molecule has 2 nitrogen and oxygen atoms in total. The molecule has 0 unspecified atom stereocenters. The Balaban J connectivity index is 1.83. The van der Waals surface area contributed by atoms with Gasteiger partial charge in [-0.05, 0) is 23.5 Å². The molecule has 2 aromatic rings. The summed E-state index contributed by atoms with van der Waals surface area (Å²) in [6, 6.07) is 8.63. The summed E-state index contributed by atoms with van der Waals surface area (Å²) < 4.78 is 0. The SMILES string of the molecule is CC(C)c1ccc(-c2ncc(C3=CC=CC(C=O)=CC3)s2)cc1. The van der Waals surface area contributed by atoms with Crippen molar-refractivity contribution in [2.75, 3.05) is 0 Å². The van der Waals surface area contributed by atoms with E-state index in [1.165, 1.54) is 11.1 Å². The van der Waals surface area contributed by atoms with Crippen molar-refractivity contribution in [3.63, 3.8) is 0 Å². The number of nitrogens with zero attached hydrogens (tertiary/aromatic N) is 1. The molecule has 3 heteroatoms. The van der Waals surface area contributed by atoms with Crippen LogP contribution in [0.5, 0.6) is 0 Å². The summed E-state index contributed by atoms with van der Waals surface area (Å²) in [5.74, 6) is 0.539. The van der Waals surface area contributed by atoms with E-state index in [1.54, 1.807) is 11.3 Å². The van der Waals surface area contributed by atoms with Crippen molar-refractivity contribution in [2.45, 2.75) is 26.2 Å². The molecule has 0 spiro atoms. The summed E-state index contributed by atoms with van der Waals surface area (Å²) in [7, 11) is 0. The molecule has 3 rings (SSSR count). The maximum Gasteiger partial charge on any atom is 0.149 e. The highest BCUT2D eigenvalue weighted by atomic mass is 32.1. The molecule has 0 atom stereocenters. The molecule has 1 heterocycles. The van der Waals surface area contributed by atoms with E-state index in [1.807, 2.05) is 24.4 Å². The lowest BCUT2D eigenvalue weighted by Gasteiger charge is -2.05. The van der Waals surface area contributed by atoms with Crippen LogP contribution in [0.2, 0.25) is 0 Å². The molecule has 0 radical (unpaired) electrons. The summed E-state index contributed by atoms with van der Waals surface area (Å²) >= 11 is 1.69. The second-order valence-corrected chi connectivity index (χ2v) is 6.91. The van der Waals surface area contributed by atoms with Gasteiger partial charge in [0.2, 0.25) is 0 Å². The van der Waals surface area contributed by atoms with Crippen molar-refractivity contribution in [2.24, 2.45) is 0 Å². The van der Waals surface area contributed by atoms with Crippen molar-refractivity contribution in [1.29, 1.82) is 0 Å². The molecule has 0 saturated heterocycles. The van der Waals surface area contributed by atoms with Crippen LogP contribution in [0.25, 0.3) is 16.1 Å². The Morgan fingerprint density at radius 1 is 1.22 bits per heavy atom. The third-order valence-corrected chi connectivity index (χ3v) is 5.05. The molecule has 0 aliphatic heterocycles. The fraction of sp³-hybridized carbons (Fsp3) is 0.200. The van der Waals surface area contributed by atoms with Crippen LogP contribution in [0.3, 0.4) is 0 Å². The smallest absolute Gasteiger partial charge is 0.149 e. The average Bonchev–Trinajstić information content (AvgIpc) is 2.93. The van der Waals surface area contributed by atoms with E-state index in [0.717, 1.165) is 33.7 Å². The van der Waals surface area contributed by atoms with E-state index in [-0.39, 0.29) is 0 Å². The van der Waals surface area contributed by atoms with E-state index in [9.17, 15) is 4.79 Å². The highest BCUT2D eigenvalue weighted by Crippen LogP contribution is 2.32. The summed E-state index contributed by atoms with van der Waals surface area (Å²) in [6.45, 7) is 4.40. The minimum absolute atomic E-state index is 0.539. The molecule has 0 bridgehead atoms. The van der Waals surface area contributed by atoms with Crippen LogP contribution in [0.15, 0.2) is 60.3 Å². The standard InChI is InChI=1S/C20H19NOS/c1-14(2)16-8-10-18(11-9-16)20-21-12-19(23-20)17-5-3-4-15(13-22)6-7-17/h3-6,8-14H,7H2,1-2H3. The lowest BCUT2D eigenvalue weighted by Crippen LogP contribution is -1.86. The van der Waals surface area contributed by atoms with Gasteiger partial charge in [-0.2, -0.15) is 0 Å². The largest absolute Gasteiger partial charge is 0.298 e. The van der Waals surface area contributed by atoms with Gasteiger partial charge in [-0.25, -0.2) is 4.98 Å². The van der Waals surface area contributed by atoms with Crippen molar-refractivity contribution < 1.29 is 4.79 Å². The third kappa shape index (κ3) is 3.57. The van der Waals surface area contributed by atoms with Crippen LogP contribution in [0.1, 0.15) is 36.6 Å². The first kappa shape index (κ1) is 15.6. The number of benzene rings is 1. The minimum atomic E-state index is 0.539. The molecule has 1 aromatic heterocycles. The molecule has 0 saturated carbocycles. The maximum absolute atomic E-state index is 10.9. The van der Waals surface area contributed by atoms with Crippen LogP contribution < -0.4 is 0 Å². The number of hydrogen-bond acceptors (Lipinski definition) is 3. The van der Waals surface area contributed by atoms with Gasteiger partial charge in [0.15, 0.2) is 0 Å². The summed E-state index contributed by atoms with van der Waals surface area (Å²) in [5.41, 5.74) is 4.42. The van der Waals surface area contributed by atoms with Crippen molar-refractivity contribution in [3.05, 3.63) is 70.8 Å². The maximum atomic E-state index is 10.9. The van der Waals surface area contributed by atoms with E-state index in [4.69, 9.17) is 0 Å². The Kier molecular flexibility index (Phi) is 4.68. The van der Waals surface area contributed by atoms with Crippen LogP contribution in [0, 0.1) is 0 Å². The van der Waals surface area contributed by atoms with E-state index in [2.05, 4.69) is 49.2 Å². The van der Waals surface area contributed by atoms with Gasteiger partial charge in [0.1, 0.15) is 11.3 Å². The number of aromatic nitrogens is 1. The first-order valence-electron chi connectivity index (χ1n) is 7.76. The Morgan fingerprint density at radius 3 is 2.70 bits per heavy atom. The lowest BCUT2D eigenvalue weighted by atomic mass is 10.0. The monoisotopic (exact) mass is 321 g/mol. The zero-order valence-corrected chi connectivity index (χ0v) is 14.1. The fourth-order valence-electron chi connectivity index (χ4n) is 2.48. The fourth-order valence-corrected chi connectivity index (χ4v) is 3.43. The molecule has 23 heavy (non-hydrogen) atoms. The zero-order chi connectivity index (χ0) is 16.2. The van der Waals surface area contributed by atoms with E-state index < -0.39 is 0 Å². The Morgan fingerprint density at radius 2 is 2.00 bits per heavy atom. The minimum Gasteiger partial charge on any atom is -0.298 e. The predicted octanol–water partition coefficient (Wildman–Crippen LogP) is 5.40. The molecule has 1 aliphatic carbocycles. The summed E-state index contributed by atoms with van der Waals surface area (Å²) in [6.07, 6.45) is 11.4. The third-order valence-electron chi connectivity index (χ3n) is 3.93. The van der Waals surface area contributed by atoms with Crippen LogP contribution in [-0.2, 0) is 4.79 Å². The van der Waals surface area contributed by atoms with Crippen molar-refractivity contribution in [3.8, 4) is 10.6 Å². The van der Waals surface area contributed by atoms with Crippen LogP contribution >= 0.6 is 11.3 Å². The molecular formula is C20H19NOS. The topological polar surface area (TPSA) is 30.0 Å². The number of hydrogen-bond donors (Lipinski definition) is 0. The van der Waals surface area contributed by atoms with Gasteiger partial charge in [-0.15, -0.1) is 11.3 Å². The van der Waals surface area contributed by atoms with Gasteiger partial charge in [-0.1, -0.05) is 62.4 Å². The second-order valence-electron chi connectivity index (χ2n) is 5.88. The van der Waals surface area contributed by atoms with Gasteiger partial charge in [-0.3, -0.25) is 4.79 Å². The molecule has 0 N–H and O–H groups in total. The number of carbonyl (C=O) groups excluding carboxylic acids is 1. The lowest BCUT2D eigenvalue weighted by molar-refractivity contribution is -0.104. The number of rotatable bonds is 4. The first-order chi connectivity index (χ1) is 11.2. The van der Waals surface area contributed by atoms with Gasteiger partial charge in [0.25, 0.3) is 0 Å². The van der Waals surface area contributed by atoms with Gasteiger partial charge >= 0.3 is 0 Å². The van der Waals surface area contributed by atoms with Gasteiger partial charge in [0.05, 0.1) is 4.88 Å². The molecule has 116 valence electrons. The normalized spacial score (nSPS) is 14.4. The highest BCUT2D eigenvalue weighted by Gasteiger charge is 2.10. The van der Waals surface area contributed by atoms with E-state index in [0.29, 0.717) is 5.92 Å².